The Bertz CT molecular complexity index is 1130. The van der Waals surface area contributed by atoms with Crippen molar-refractivity contribution in [3.63, 3.8) is 0 Å². The van der Waals surface area contributed by atoms with Crippen LogP contribution >= 0.6 is 0 Å². The number of unbranched alkanes of at least 4 members (excludes halogenated alkanes) is 1. The Kier molecular flexibility index (Phi) is 5.47. The summed E-state index contributed by atoms with van der Waals surface area (Å²) in [4.78, 5) is 17.2. The fourth-order valence-corrected chi connectivity index (χ4v) is 3.65. The lowest BCUT2D eigenvalue weighted by Crippen LogP contribution is -2.13. The maximum atomic E-state index is 12.7. The van der Waals surface area contributed by atoms with Crippen LogP contribution in [0.15, 0.2) is 67.0 Å². The summed E-state index contributed by atoms with van der Waals surface area (Å²) in [6.45, 7) is 5.08. The van der Waals surface area contributed by atoms with Crippen molar-refractivity contribution in [1.29, 1.82) is 0 Å². The lowest BCUT2D eigenvalue weighted by Gasteiger charge is -2.15. The van der Waals surface area contributed by atoms with Crippen LogP contribution in [0.1, 0.15) is 37.2 Å². The van der Waals surface area contributed by atoms with Crippen molar-refractivity contribution in [2.75, 3.05) is 6.61 Å². The van der Waals surface area contributed by atoms with Gasteiger partial charge >= 0.3 is 5.97 Å². The van der Waals surface area contributed by atoms with Gasteiger partial charge in [0, 0.05) is 11.9 Å². The van der Waals surface area contributed by atoms with Gasteiger partial charge in [0.15, 0.2) is 11.5 Å². The zero-order chi connectivity index (χ0) is 20.2. The molecule has 4 aromatic rings. The molecule has 2 aromatic heterocycles. The van der Waals surface area contributed by atoms with E-state index in [1.807, 2.05) is 37.3 Å². The number of aromatic nitrogens is 3. The first-order valence-electron chi connectivity index (χ1n) is 10.1. The fourth-order valence-electron chi connectivity index (χ4n) is 3.65. The molecule has 148 valence electrons. The smallest absolute Gasteiger partial charge is 0.360 e. The molecule has 0 N–H and O–H groups in total. The van der Waals surface area contributed by atoms with Crippen molar-refractivity contribution >= 4 is 16.9 Å². The summed E-state index contributed by atoms with van der Waals surface area (Å²) >= 11 is 0. The molecule has 0 fully saturated rings. The van der Waals surface area contributed by atoms with E-state index in [0.717, 1.165) is 47.4 Å². The standard InChI is InChI=1S/C24H25N3O2/c1-3-5-15-26-17-25-22(24(28)29-4-2)23(26)27-20-14-10-9-13-19(20)16-21(27)18-11-7-6-8-12-18/h6-14,16-17H,3-5,15H2,1-2H3. The van der Waals surface area contributed by atoms with Gasteiger partial charge in [-0.2, -0.15) is 0 Å². The van der Waals surface area contributed by atoms with Gasteiger partial charge in [-0.05, 0) is 31.0 Å². The van der Waals surface area contributed by atoms with Crippen LogP contribution in [-0.4, -0.2) is 26.7 Å². The molecule has 29 heavy (non-hydrogen) atoms. The first-order chi connectivity index (χ1) is 14.2. The van der Waals surface area contributed by atoms with Gasteiger partial charge < -0.3 is 9.30 Å². The van der Waals surface area contributed by atoms with Crippen molar-refractivity contribution in [3.8, 4) is 17.1 Å². The Labute approximate surface area is 170 Å². The van der Waals surface area contributed by atoms with E-state index in [-0.39, 0.29) is 0 Å². The van der Waals surface area contributed by atoms with E-state index in [4.69, 9.17) is 4.74 Å². The Hall–Kier alpha value is -3.34. The van der Waals surface area contributed by atoms with Crippen LogP contribution in [0.25, 0.3) is 28.0 Å². The predicted molar refractivity (Wildman–Crippen MR) is 115 cm³/mol. The summed E-state index contributed by atoms with van der Waals surface area (Å²) in [7, 11) is 0. The summed E-state index contributed by atoms with van der Waals surface area (Å²) in [6.07, 6.45) is 3.82. The number of ether oxygens (including phenoxy) is 1. The number of imidazole rings is 1. The van der Waals surface area contributed by atoms with Crippen LogP contribution in [0.3, 0.4) is 0 Å². The highest BCUT2D eigenvalue weighted by Crippen LogP contribution is 2.33. The van der Waals surface area contributed by atoms with Crippen LogP contribution in [0, 0.1) is 0 Å². The second-order valence-corrected chi connectivity index (χ2v) is 6.97. The van der Waals surface area contributed by atoms with Gasteiger partial charge in [-0.15, -0.1) is 0 Å². The Morgan fingerprint density at radius 2 is 1.79 bits per heavy atom. The topological polar surface area (TPSA) is 49.1 Å². The molecule has 5 heteroatoms. The summed E-state index contributed by atoms with van der Waals surface area (Å²) in [6, 6.07) is 20.6. The molecule has 0 amide bonds. The molecule has 0 aliphatic carbocycles. The van der Waals surface area contributed by atoms with E-state index in [0.29, 0.717) is 12.3 Å². The molecule has 0 bridgehead atoms. The minimum atomic E-state index is -0.394. The molecule has 0 aliphatic rings. The molecule has 0 radical (unpaired) electrons. The molecule has 4 rings (SSSR count). The second-order valence-electron chi connectivity index (χ2n) is 6.97. The maximum Gasteiger partial charge on any atom is 0.360 e. The number of benzene rings is 2. The molecule has 0 spiro atoms. The van der Waals surface area contributed by atoms with Crippen LogP contribution < -0.4 is 0 Å². The SMILES string of the molecule is CCCCn1cnc(C(=O)OCC)c1-n1c(-c2ccccc2)cc2ccccc21. The van der Waals surface area contributed by atoms with Crippen LogP contribution in [-0.2, 0) is 11.3 Å². The van der Waals surface area contributed by atoms with Gasteiger partial charge in [-0.3, -0.25) is 4.57 Å². The van der Waals surface area contributed by atoms with Crippen molar-refractivity contribution in [3.05, 3.63) is 72.7 Å². The monoisotopic (exact) mass is 387 g/mol. The lowest BCUT2D eigenvalue weighted by molar-refractivity contribution is 0.0520. The normalized spacial score (nSPS) is 11.1. The van der Waals surface area contributed by atoms with Crippen LogP contribution in [0.4, 0.5) is 0 Å². The van der Waals surface area contributed by atoms with E-state index in [2.05, 4.69) is 51.4 Å². The summed E-state index contributed by atoms with van der Waals surface area (Å²) in [5.41, 5.74) is 3.49. The molecule has 2 aromatic carbocycles. The molecule has 0 atom stereocenters. The van der Waals surface area contributed by atoms with Crippen LogP contribution in [0.5, 0.6) is 0 Å². The molecular weight excluding hydrogens is 362 g/mol. The highest BCUT2D eigenvalue weighted by molar-refractivity contribution is 5.94. The number of carbonyl (C=O) groups excluding carboxylic acids is 1. The summed E-state index contributed by atoms with van der Waals surface area (Å²) in [5.74, 6) is 0.367. The first-order valence-corrected chi connectivity index (χ1v) is 10.1. The third kappa shape index (κ3) is 3.56. The minimum absolute atomic E-state index is 0.318. The quantitative estimate of drug-likeness (QED) is 0.395. The highest BCUT2D eigenvalue weighted by Gasteiger charge is 2.24. The molecule has 0 saturated carbocycles. The van der Waals surface area contributed by atoms with Gasteiger partial charge in [0.25, 0.3) is 0 Å². The molecule has 5 nitrogen and oxygen atoms in total. The third-order valence-corrected chi connectivity index (χ3v) is 5.02. The highest BCUT2D eigenvalue weighted by atomic mass is 16.5. The van der Waals surface area contributed by atoms with Gasteiger partial charge in [-0.25, -0.2) is 9.78 Å². The number of aryl methyl sites for hydroxylation is 1. The number of hydrogen-bond donors (Lipinski definition) is 0. The van der Waals surface area contributed by atoms with E-state index < -0.39 is 5.97 Å². The fraction of sp³-hybridized carbons (Fsp3) is 0.250. The summed E-state index contributed by atoms with van der Waals surface area (Å²) < 4.78 is 9.52. The second kappa shape index (κ2) is 8.35. The number of rotatable bonds is 7. The number of nitrogens with zero attached hydrogens (tertiary/aromatic N) is 3. The summed E-state index contributed by atoms with van der Waals surface area (Å²) in [5, 5.41) is 1.12. The molecular formula is C24H25N3O2. The van der Waals surface area contributed by atoms with E-state index in [9.17, 15) is 4.79 Å². The Balaban J connectivity index is 2.01. The lowest BCUT2D eigenvalue weighted by atomic mass is 10.1. The van der Waals surface area contributed by atoms with Crippen molar-refractivity contribution in [2.45, 2.75) is 33.2 Å². The van der Waals surface area contributed by atoms with E-state index >= 15 is 0 Å². The first kappa shape index (κ1) is 19.0. The zero-order valence-corrected chi connectivity index (χ0v) is 16.8. The van der Waals surface area contributed by atoms with Gasteiger partial charge in [0.05, 0.1) is 24.1 Å². The van der Waals surface area contributed by atoms with Gasteiger partial charge in [0.2, 0.25) is 0 Å². The van der Waals surface area contributed by atoms with E-state index in [1.54, 1.807) is 6.33 Å². The van der Waals surface area contributed by atoms with Crippen molar-refractivity contribution in [1.82, 2.24) is 14.1 Å². The minimum Gasteiger partial charge on any atom is -0.461 e. The van der Waals surface area contributed by atoms with E-state index in [1.165, 1.54) is 0 Å². The van der Waals surface area contributed by atoms with Crippen LogP contribution in [0.2, 0.25) is 0 Å². The molecule has 2 heterocycles. The van der Waals surface area contributed by atoms with Crippen molar-refractivity contribution in [2.24, 2.45) is 0 Å². The number of hydrogen-bond acceptors (Lipinski definition) is 3. The average molecular weight is 387 g/mol. The number of para-hydroxylation sites is 1. The average Bonchev–Trinajstić information content (AvgIpc) is 3.34. The molecule has 0 unspecified atom stereocenters. The molecule has 0 saturated heterocycles. The largest absolute Gasteiger partial charge is 0.461 e. The van der Waals surface area contributed by atoms with Gasteiger partial charge in [-0.1, -0.05) is 61.9 Å². The zero-order valence-electron chi connectivity index (χ0n) is 16.8. The third-order valence-electron chi connectivity index (χ3n) is 5.02. The van der Waals surface area contributed by atoms with Gasteiger partial charge in [0.1, 0.15) is 0 Å². The molecule has 0 aliphatic heterocycles. The Morgan fingerprint density at radius 1 is 1.03 bits per heavy atom. The maximum absolute atomic E-state index is 12.7. The van der Waals surface area contributed by atoms with Crippen molar-refractivity contribution < 1.29 is 9.53 Å². The predicted octanol–water partition coefficient (Wildman–Crippen LogP) is 5.47. The number of fused-ring (bicyclic) bond motifs is 1. The Morgan fingerprint density at radius 3 is 2.55 bits per heavy atom. The number of esters is 1. The number of carbonyl (C=O) groups is 1.